The second kappa shape index (κ2) is 5.62. The van der Waals surface area contributed by atoms with Gasteiger partial charge in [0.05, 0.1) is 2.88 Å². The maximum absolute atomic E-state index is 12.1. The highest BCUT2D eigenvalue weighted by Crippen LogP contribution is 2.21. The molecule has 1 aromatic heterocycles. The first kappa shape index (κ1) is 13.2. The zero-order chi connectivity index (χ0) is 13.1. The number of hydrogen-bond donors (Lipinski definition) is 0. The van der Waals surface area contributed by atoms with E-state index < -0.39 is 0 Å². The van der Waals surface area contributed by atoms with E-state index in [1.54, 1.807) is 42.6 Å². The summed E-state index contributed by atoms with van der Waals surface area (Å²) in [7, 11) is 1.67. The Kier molecular flexibility index (Phi) is 4.13. The highest BCUT2D eigenvalue weighted by Gasteiger charge is 2.11. The van der Waals surface area contributed by atoms with Crippen molar-refractivity contribution in [1.82, 2.24) is 0 Å². The van der Waals surface area contributed by atoms with Crippen LogP contribution < -0.4 is 4.90 Å². The average Bonchev–Trinajstić information content (AvgIpc) is 2.84. The summed E-state index contributed by atoms with van der Waals surface area (Å²) >= 11 is 3.74. The number of thiophene rings is 1. The van der Waals surface area contributed by atoms with E-state index in [1.165, 1.54) is 4.90 Å². The van der Waals surface area contributed by atoms with Gasteiger partial charge in [0.15, 0.2) is 5.78 Å². The molecular weight excluding hydrogens is 361 g/mol. The Hall–Kier alpha value is -1.21. The van der Waals surface area contributed by atoms with E-state index in [1.807, 2.05) is 11.4 Å². The van der Waals surface area contributed by atoms with Crippen LogP contribution in [-0.2, 0) is 4.79 Å². The smallest absolute Gasteiger partial charge is 0.213 e. The summed E-state index contributed by atoms with van der Waals surface area (Å²) in [6, 6.07) is 8.88. The standard InChI is InChI=1S/C13H10INO2S/c1-15(8-16)11-4-2-9(3-5-11)13(17)10-6-12(14)18-7-10/h2-8H,1H3. The first-order chi connectivity index (χ1) is 8.61. The van der Waals surface area contributed by atoms with E-state index >= 15 is 0 Å². The third-order valence-electron chi connectivity index (χ3n) is 2.52. The van der Waals surface area contributed by atoms with Crippen molar-refractivity contribution in [2.45, 2.75) is 0 Å². The molecule has 5 heteroatoms. The number of anilines is 1. The second-order valence-corrected chi connectivity index (χ2v) is 6.54. The molecule has 0 aliphatic carbocycles. The van der Waals surface area contributed by atoms with Crippen molar-refractivity contribution in [1.29, 1.82) is 0 Å². The van der Waals surface area contributed by atoms with Crippen LogP contribution in [0.4, 0.5) is 5.69 Å². The highest BCUT2D eigenvalue weighted by atomic mass is 127. The van der Waals surface area contributed by atoms with Gasteiger partial charge in [0, 0.05) is 29.2 Å². The van der Waals surface area contributed by atoms with Gasteiger partial charge in [0.25, 0.3) is 0 Å². The number of nitrogens with zero attached hydrogens (tertiary/aromatic N) is 1. The molecule has 0 N–H and O–H groups in total. The van der Waals surface area contributed by atoms with Crippen LogP contribution in [0.5, 0.6) is 0 Å². The minimum absolute atomic E-state index is 0.00877. The number of hydrogen-bond acceptors (Lipinski definition) is 3. The molecule has 92 valence electrons. The van der Waals surface area contributed by atoms with Gasteiger partial charge in [-0.2, -0.15) is 0 Å². The number of amides is 1. The quantitative estimate of drug-likeness (QED) is 0.470. The monoisotopic (exact) mass is 371 g/mol. The van der Waals surface area contributed by atoms with Crippen molar-refractivity contribution in [3.8, 4) is 0 Å². The fourth-order valence-electron chi connectivity index (χ4n) is 1.50. The minimum atomic E-state index is 0.00877. The van der Waals surface area contributed by atoms with Crippen LogP contribution in [0.15, 0.2) is 35.7 Å². The van der Waals surface area contributed by atoms with Crippen LogP contribution in [0.2, 0.25) is 0 Å². The van der Waals surface area contributed by atoms with E-state index in [4.69, 9.17) is 0 Å². The van der Waals surface area contributed by atoms with Gasteiger partial charge in [-0.1, -0.05) is 0 Å². The molecule has 0 saturated carbocycles. The summed E-state index contributed by atoms with van der Waals surface area (Å²) < 4.78 is 1.09. The molecule has 0 fully saturated rings. The van der Waals surface area contributed by atoms with Crippen LogP contribution in [0.25, 0.3) is 0 Å². The molecule has 18 heavy (non-hydrogen) atoms. The van der Waals surface area contributed by atoms with Crippen LogP contribution >= 0.6 is 33.9 Å². The molecule has 0 bridgehead atoms. The molecule has 0 aliphatic heterocycles. The van der Waals surface area contributed by atoms with Crippen molar-refractivity contribution < 1.29 is 9.59 Å². The van der Waals surface area contributed by atoms with Gasteiger partial charge in [-0.05, 0) is 52.9 Å². The Labute approximate surface area is 123 Å². The van der Waals surface area contributed by atoms with E-state index in [0.717, 1.165) is 15.0 Å². The van der Waals surface area contributed by atoms with Gasteiger partial charge in [0.2, 0.25) is 6.41 Å². The minimum Gasteiger partial charge on any atom is -0.318 e. The summed E-state index contributed by atoms with van der Waals surface area (Å²) in [6.07, 6.45) is 0.734. The van der Waals surface area contributed by atoms with Gasteiger partial charge >= 0.3 is 0 Å². The molecule has 3 nitrogen and oxygen atoms in total. The lowest BCUT2D eigenvalue weighted by atomic mass is 10.1. The number of carbonyl (C=O) groups excluding carboxylic acids is 2. The lowest BCUT2D eigenvalue weighted by Crippen LogP contribution is -2.13. The molecule has 2 rings (SSSR count). The van der Waals surface area contributed by atoms with E-state index in [9.17, 15) is 9.59 Å². The molecule has 0 radical (unpaired) electrons. The normalized spacial score (nSPS) is 10.1. The van der Waals surface area contributed by atoms with Gasteiger partial charge in [-0.3, -0.25) is 9.59 Å². The molecule has 1 aromatic carbocycles. The Morgan fingerprint density at radius 1 is 1.28 bits per heavy atom. The summed E-state index contributed by atoms with van der Waals surface area (Å²) in [5.74, 6) is 0.00877. The molecule has 0 atom stereocenters. The lowest BCUT2D eigenvalue weighted by molar-refractivity contribution is -0.107. The van der Waals surface area contributed by atoms with Crippen molar-refractivity contribution in [2.75, 3.05) is 11.9 Å². The SMILES string of the molecule is CN(C=O)c1ccc(C(=O)c2csc(I)c2)cc1. The third kappa shape index (κ3) is 2.78. The van der Waals surface area contributed by atoms with Gasteiger partial charge in [-0.15, -0.1) is 11.3 Å². The number of carbonyl (C=O) groups is 2. The number of benzene rings is 1. The lowest BCUT2D eigenvalue weighted by Gasteiger charge is -2.10. The topological polar surface area (TPSA) is 37.4 Å². The molecule has 0 spiro atoms. The van der Waals surface area contributed by atoms with Crippen LogP contribution in [0.3, 0.4) is 0 Å². The van der Waals surface area contributed by atoms with Gasteiger partial charge in [0.1, 0.15) is 0 Å². The Morgan fingerprint density at radius 3 is 2.44 bits per heavy atom. The van der Waals surface area contributed by atoms with E-state index in [-0.39, 0.29) is 5.78 Å². The number of rotatable bonds is 4. The Bertz CT molecular complexity index is 577. The average molecular weight is 371 g/mol. The van der Waals surface area contributed by atoms with Crippen molar-refractivity contribution in [3.63, 3.8) is 0 Å². The fourth-order valence-corrected chi connectivity index (χ4v) is 2.83. The maximum atomic E-state index is 12.1. The zero-order valence-corrected chi connectivity index (χ0v) is 12.6. The number of ketones is 1. The molecule has 0 saturated heterocycles. The van der Waals surface area contributed by atoms with Crippen LogP contribution in [0.1, 0.15) is 15.9 Å². The predicted octanol–water partition coefficient (Wildman–Crippen LogP) is 3.18. The summed E-state index contributed by atoms with van der Waals surface area (Å²) in [6.45, 7) is 0. The molecule has 2 aromatic rings. The summed E-state index contributed by atoms with van der Waals surface area (Å²) in [5.41, 5.74) is 2.11. The predicted molar refractivity (Wildman–Crippen MR) is 81.4 cm³/mol. The van der Waals surface area contributed by atoms with Gasteiger partial charge < -0.3 is 4.90 Å². The largest absolute Gasteiger partial charge is 0.318 e. The Morgan fingerprint density at radius 2 is 1.94 bits per heavy atom. The van der Waals surface area contributed by atoms with Crippen LogP contribution in [0, 0.1) is 2.88 Å². The molecule has 0 aliphatic rings. The molecule has 1 amide bonds. The van der Waals surface area contributed by atoms with E-state index in [0.29, 0.717) is 11.1 Å². The highest BCUT2D eigenvalue weighted by molar-refractivity contribution is 14.1. The van der Waals surface area contributed by atoms with E-state index in [2.05, 4.69) is 22.6 Å². The van der Waals surface area contributed by atoms with Crippen molar-refractivity contribution in [3.05, 3.63) is 49.7 Å². The first-order valence-electron chi connectivity index (χ1n) is 5.19. The summed E-state index contributed by atoms with van der Waals surface area (Å²) in [5, 5.41) is 1.86. The second-order valence-electron chi connectivity index (χ2n) is 3.73. The molecule has 0 unspecified atom stereocenters. The van der Waals surface area contributed by atoms with Crippen molar-refractivity contribution in [2.24, 2.45) is 0 Å². The first-order valence-corrected chi connectivity index (χ1v) is 7.14. The van der Waals surface area contributed by atoms with Crippen molar-refractivity contribution >= 4 is 51.8 Å². The maximum Gasteiger partial charge on any atom is 0.213 e. The number of halogens is 1. The van der Waals surface area contributed by atoms with Gasteiger partial charge in [-0.25, -0.2) is 0 Å². The third-order valence-corrected chi connectivity index (χ3v) is 4.31. The fraction of sp³-hybridized carbons (Fsp3) is 0.0769. The Balaban J connectivity index is 2.24. The zero-order valence-electron chi connectivity index (χ0n) is 9.59. The molecular formula is C13H10INO2S. The molecule has 1 heterocycles. The van der Waals surface area contributed by atoms with Crippen LogP contribution in [-0.4, -0.2) is 19.2 Å². The summed E-state index contributed by atoms with van der Waals surface area (Å²) in [4.78, 5) is 24.2.